The molecule has 2 aromatic heterocycles. The minimum Gasteiger partial charge on any atom is -0.495 e. The number of hydrogen-bond acceptors (Lipinski definition) is 7. The van der Waals surface area contributed by atoms with Gasteiger partial charge in [0.2, 0.25) is 5.95 Å². The SMILES string of the molecule is COc1cc(C(C)(C)O)ccc1Nc1nc2ccc(-c3ccc(CC(=O)Cc4ccc(F)cc4)cc3)nn2n1. The van der Waals surface area contributed by atoms with Gasteiger partial charge in [-0.25, -0.2) is 4.39 Å². The normalized spacial score (nSPS) is 11.5. The summed E-state index contributed by atoms with van der Waals surface area (Å²) in [5.74, 6) is 0.648. The number of carbonyl (C=O) groups excluding carboxylic acids is 1. The number of nitrogens with one attached hydrogen (secondary N) is 1. The van der Waals surface area contributed by atoms with Crippen molar-refractivity contribution in [3.63, 3.8) is 0 Å². The molecule has 0 saturated heterocycles. The molecule has 0 bridgehead atoms. The van der Waals surface area contributed by atoms with Crippen molar-refractivity contribution in [3.05, 3.63) is 101 Å². The molecule has 0 aliphatic heterocycles. The summed E-state index contributed by atoms with van der Waals surface area (Å²) in [6, 6.07) is 22.7. The predicted molar refractivity (Wildman–Crippen MR) is 147 cm³/mol. The van der Waals surface area contributed by atoms with Crippen LogP contribution in [0.25, 0.3) is 16.9 Å². The van der Waals surface area contributed by atoms with Crippen molar-refractivity contribution in [2.45, 2.75) is 32.3 Å². The lowest BCUT2D eigenvalue weighted by Gasteiger charge is -2.19. The average molecular weight is 526 g/mol. The fourth-order valence-electron chi connectivity index (χ4n) is 4.20. The van der Waals surface area contributed by atoms with Gasteiger partial charge in [0.05, 0.1) is 24.1 Å². The van der Waals surface area contributed by atoms with E-state index in [1.165, 1.54) is 16.8 Å². The van der Waals surface area contributed by atoms with Crippen LogP contribution in [0.3, 0.4) is 0 Å². The van der Waals surface area contributed by atoms with Crippen LogP contribution in [0, 0.1) is 5.82 Å². The lowest BCUT2D eigenvalue weighted by molar-refractivity contribution is -0.117. The Bertz CT molecular complexity index is 1620. The molecule has 5 aromatic rings. The van der Waals surface area contributed by atoms with Crippen LogP contribution in [-0.2, 0) is 23.2 Å². The van der Waals surface area contributed by atoms with Crippen LogP contribution in [-0.4, -0.2) is 37.8 Å². The van der Waals surface area contributed by atoms with Gasteiger partial charge in [-0.1, -0.05) is 42.5 Å². The van der Waals surface area contributed by atoms with Crippen molar-refractivity contribution >= 4 is 23.1 Å². The molecular weight excluding hydrogens is 497 g/mol. The van der Waals surface area contributed by atoms with Crippen LogP contribution in [0.2, 0.25) is 0 Å². The van der Waals surface area contributed by atoms with Gasteiger partial charge in [0.1, 0.15) is 17.3 Å². The van der Waals surface area contributed by atoms with Crippen LogP contribution in [0.15, 0.2) is 78.9 Å². The number of aromatic nitrogens is 4. The van der Waals surface area contributed by atoms with E-state index in [1.807, 2.05) is 48.5 Å². The summed E-state index contributed by atoms with van der Waals surface area (Å²) >= 11 is 0. The number of ether oxygens (including phenoxy) is 1. The Labute approximate surface area is 225 Å². The third-order valence-electron chi connectivity index (χ3n) is 6.33. The molecule has 3 aromatic carbocycles. The Morgan fingerprint density at radius 3 is 2.26 bits per heavy atom. The second-order valence-corrected chi connectivity index (χ2v) is 9.82. The highest BCUT2D eigenvalue weighted by Crippen LogP contribution is 2.32. The Morgan fingerprint density at radius 1 is 0.949 bits per heavy atom. The van der Waals surface area contributed by atoms with Crippen LogP contribution >= 0.6 is 0 Å². The number of anilines is 2. The van der Waals surface area contributed by atoms with Crippen LogP contribution in [0.1, 0.15) is 30.5 Å². The van der Waals surface area contributed by atoms with E-state index in [2.05, 4.69) is 20.5 Å². The quantitative estimate of drug-likeness (QED) is 0.271. The molecule has 0 aliphatic rings. The highest BCUT2D eigenvalue weighted by Gasteiger charge is 2.18. The summed E-state index contributed by atoms with van der Waals surface area (Å²) in [5, 5.41) is 22.5. The molecule has 5 rings (SSSR count). The number of aliphatic hydroxyl groups is 1. The van der Waals surface area contributed by atoms with Crippen molar-refractivity contribution in [3.8, 4) is 17.0 Å². The number of benzene rings is 3. The second kappa shape index (κ2) is 10.6. The maximum Gasteiger partial charge on any atom is 0.249 e. The number of methoxy groups -OCH3 is 1. The molecule has 39 heavy (non-hydrogen) atoms. The summed E-state index contributed by atoms with van der Waals surface area (Å²) in [6.07, 6.45) is 0.556. The summed E-state index contributed by atoms with van der Waals surface area (Å²) in [6.45, 7) is 3.43. The summed E-state index contributed by atoms with van der Waals surface area (Å²) in [7, 11) is 1.56. The van der Waals surface area contributed by atoms with E-state index in [0.29, 0.717) is 35.1 Å². The predicted octanol–water partition coefficient (Wildman–Crippen LogP) is 5.26. The number of fused-ring (bicyclic) bond motifs is 1. The van der Waals surface area contributed by atoms with Crippen molar-refractivity contribution in [1.82, 2.24) is 19.8 Å². The number of Topliss-reactive ketones (excluding diaryl/α,β-unsaturated/α-hetero) is 1. The van der Waals surface area contributed by atoms with Crippen molar-refractivity contribution in [2.75, 3.05) is 12.4 Å². The Kier molecular flexibility index (Phi) is 7.08. The summed E-state index contributed by atoms with van der Waals surface area (Å²) in [5.41, 5.74) is 4.22. The first-order chi connectivity index (χ1) is 18.7. The first kappa shape index (κ1) is 26.0. The molecule has 9 heteroatoms. The van der Waals surface area contributed by atoms with Crippen LogP contribution in [0.5, 0.6) is 5.75 Å². The van der Waals surface area contributed by atoms with Crippen LogP contribution in [0.4, 0.5) is 16.0 Å². The molecule has 8 nitrogen and oxygen atoms in total. The molecule has 0 aliphatic carbocycles. The van der Waals surface area contributed by atoms with Gasteiger partial charge in [0.15, 0.2) is 5.65 Å². The minimum atomic E-state index is -0.995. The lowest BCUT2D eigenvalue weighted by Crippen LogP contribution is -2.15. The van der Waals surface area contributed by atoms with Gasteiger partial charge >= 0.3 is 0 Å². The largest absolute Gasteiger partial charge is 0.495 e. The molecule has 0 atom stereocenters. The number of ketones is 1. The third-order valence-corrected chi connectivity index (χ3v) is 6.33. The summed E-state index contributed by atoms with van der Waals surface area (Å²) < 4.78 is 20.0. The van der Waals surface area contributed by atoms with E-state index in [1.54, 1.807) is 39.2 Å². The molecule has 0 radical (unpaired) electrons. The lowest BCUT2D eigenvalue weighted by atomic mass is 9.98. The average Bonchev–Trinajstić information content (AvgIpc) is 3.31. The van der Waals surface area contributed by atoms with Gasteiger partial charge in [0, 0.05) is 18.4 Å². The van der Waals surface area contributed by atoms with E-state index in [0.717, 1.165) is 22.3 Å². The number of carbonyl (C=O) groups is 1. The van der Waals surface area contributed by atoms with Gasteiger partial charge < -0.3 is 15.2 Å². The molecule has 2 heterocycles. The van der Waals surface area contributed by atoms with Crippen molar-refractivity contribution in [2.24, 2.45) is 0 Å². The molecule has 198 valence electrons. The number of halogens is 1. The molecule has 0 amide bonds. The Balaban J connectivity index is 1.28. The van der Waals surface area contributed by atoms with Crippen molar-refractivity contribution in [1.29, 1.82) is 0 Å². The standard InChI is InChI=1S/C30H28FN5O3/c1-30(2,38)22-10-13-26(27(18-22)39-3)32-29-33-28-15-14-25(34-36(28)35-29)21-8-4-19(5-9-21)16-24(37)17-20-6-11-23(31)12-7-20/h4-15,18,38H,16-17H2,1-3H3,(H,32,35). The first-order valence-corrected chi connectivity index (χ1v) is 12.5. The molecule has 0 fully saturated rings. The zero-order chi connectivity index (χ0) is 27.6. The zero-order valence-electron chi connectivity index (χ0n) is 21.9. The van der Waals surface area contributed by atoms with Gasteiger partial charge in [-0.2, -0.15) is 4.98 Å². The maximum absolute atomic E-state index is 13.1. The fourth-order valence-corrected chi connectivity index (χ4v) is 4.20. The summed E-state index contributed by atoms with van der Waals surface area (Å²) in [4.78, 5) is 16.9. The van der Waals surface area contributed by atoms with Crippen LogP contribution < -0.4 is 10.1 Å². The van der Waals surface area contributed by atoms with E-state index in [9.17, 15) is 14.3 Å². The number of nitrogens with zero attached hydrogens (tertiary/aromatic N) is 4. The van der Waals surface area contributed by atoms with E-state index in [-0.39, 0.29) is 18.0 Å². The minimum absolute atomic E-state index is 0.0582. The van der Waals surface area contributed by atoms with Gasteiger partial charge in [-0.3, -0.25) is 4.79 Å². The topological polar surface area (TPSA) is 102 Å². The number of hydrogen-bond donors (Lipinski definition) is 2. The second-order valence-electron chi connectivity index (χ2n) is 9.82. The zero-order valence-corrected chi connectivity index (χ0v) is 21.9. The molecular formula is C30H28FN5O3. The fraction of sp³-hybridized carbons (Fsp3) is 0.200. The van der Waals surface area contributed by atoms with Gasteiger partial charge in [-0.05, 0) is 66.9 Å². The third kappa shape index (κ3) is 6.10. The van der Waals surface area contributed by atoms with E-state index < -0.39 is 5.60 Å². The molecule has 0 unspecified atom stereocenters. The highest BCUT2D eigenvalue weighted by atomic mass is 19.1. The Morgan fingerprint density at radius 2 is 1.62 bits per heavy atom. The van der Waals surface area contributed by atoms with E-state index in [4.69, 9.17) is 4.74 Å². The maximum atomic E-state index is 13.1. The number of rotatable bonds is 9. The molecule has 2 N–H and O–H groups in total. The van der Waals surface area contributed by atoms with E-state index >= 15 is 0 Å². The first-order valence-electron chi connectivity index (χ1n) is 12.5. The van der Waals surface area contributed by atoms with Crippen molar-refractivity contribution < 1.29 is 19.0 Å². The highest BCUT2D eigenvalue weighted by molar-refractivity contribution is 5.83. The van der Waals surface area contributed by atoms with Gasteiger partial charge in [-0.15, -0.1) is 14.8 Å². The molecule has 0 saturated carbocycles. The monoisotopic (exact) mass is 525 g/mol. The smallest absolute Gasteiger partial charge is 0.249 e. The Hall–Kier alpha value is -4.63. The van der Waals surface area contributed by atoms with Gasteiger partial charge in [0.25, 0.3) is 0 Å². The molecule has 0 spiro atoms.